The molecule has 1 unspecified atom stereocenters. The van der Waals surface area contributed by atoms with Crippen LogP contribution in [-0.2, 0) is 15.7 Å². The highest BCUT2D eigenvalue weighted by molar-refractivity contribution is 7.82. The number of nitrogens with zero attached hydrogens (tertiary/aromatic N) is 5. The molecule has 2 fully saturated rings. The van der Waals surface area contributed by atoms with Gasteiger partial charge in [0, 0.05) is 62.3 Å². The number of aromatic nitrogens is 2. The van der Waals surface area contributed by atoms with Crippen LogP contribution in [0, 0.1) is 0 Å². The molecule has 4 heterocycles. The summed E-state index contributed by atoms with van der Waals surface area (Å²) in [6.07, 6.45) is 3.16. The zero-order valence-electron chi connectivity index (χ0n) is 22.8. The van der Waals surface area contributed by atoms with Crippen molar-refractivity contribution in [3.63, 3.8) is 0 Å². The van der Waals surface area contributed by atoms with Crippen LogP contribution in [0.3, 0.4) is 0 Å². The second kappa shape index (κ2) is 12.6. The van der Waals surface area contributed by atoms with Gasteiger partial charge in [0.1, 0.15) is 11.0 Å². The van der Waals surface area contributed by atoms with Crippen LogP contribution >= 0.6 is 0 Å². The van der Waals surface area contributed by atoms with Crippen molar-refractivity contribution in [3.05, 3.63) is 90.5 Å². The molecule has 0 saturated carbocycles. The van der Waals surface area contributed by atoms with E-state index in [2.05, 4.69) is 15.3 Å². The van der Waals surface area contributed by atoms with Gasteiger partial charge in [-0.05, 0) is 54.6 Å². The quantitative estimate of drug-likeness (QED) is 0.350. The van der Waals surface area contributed by atoms with Gasteiger partial charge in [0.15, 0.2) is 5.76 Å². The molecule has 1 atom stereocenters. The van der Waals surface area contributed by atoms with Crippen LogP contribution in [0.1, 0.15) is 20.9 Å². The van der Waals surface area contributed by atoms with Crippen LogP contribution in [0.15, 0.2) is 88.5 Å². The van der Waals surface area contributed by atoms with Gasteiger partial charge in [-0.1, -0.05) is 12.1 Å². The van der Waals surface area contributed by atoms with Crippen molar-refractivity contribution >= 4 is 34.4 Å². The molecule has 2 amide bonds. The molecule has 42 heavy (non-hydrogen) atoms. The highest BCUT2D eigenvalue weighted by atomic mass is 32.2. The molecule has 2 aliphatic rings. The van der Waals surface area contributed by atoms with Crippen molar-refractivity contribution in [2.24, 2.45) is 0 Å². The largest absolute Gasteiger partial charge is 0.459 e. The Kier molecular flexibility index (Phi) is 8.35. The normalized spacial score (nSPS) is 16.7. The molecular formula is C30H30N6O5S. The third kappa shape index (κ3) is 6.25. The van der Waals surface area contributed by atoms with Gasteiger partial charge < -0.3 is 24.3 Å². The molecule has 2 saturated heterocycles. The standard InChI is InChI=1S/C30H30N6O5S/c37-28(34-13-15-35(16-14-34)29(38)27-2-1-19-41-27)23-3-7-24(8-4-23)32-30-31-12-11-26(33-30)22-5-9-25(10-6-22)42(39)36-17-20-40-21-18-36/h1-12,19H,13-18,20-21H2,(H,31,32,33). The van der Waals surface area contributed by atoms with E-state index in [-0.39, 0.29) is 11.8 Å². The molecule has 0 radical (unpaired) electrons. The summed E-state index contributed by atoms with van der Waals surface area (Å²) in [6.45, 7) is 4.29. The summed E-state index contributed by atoms with van der Waals surface area (Å²) in [4.78, 5) is 38.7. The molecule has 0 bridgehead atoms. The van der Waals surface area contributed by atoms with E-state index in [1.54, 1.807) is 40.3 Å². The number of carbonyl (C=O) groups excluding carboxylic acids is 2. The summed E-state index contributed by atoms with van der Waals surface area (Å²) in [7, 11) is -1.22. The van der Waals surface area contributed by atoms with E-state index in [0.29, 0.717) is 69.8 Å². The van der Waals surface area contributed by atoms with E-state index < -0.39 is 11.0 Å². The summed E-state index contributed by atoms with van der Waals surface area (Å²) >= 11 is 0. The smallest absolute Gasteiger partial charge is 0.289 e. The molecule has 1 N–H and O–H groups in total. The number of rotatable bonds is 7. The molecular weight excluding hydrogens is 556 g/mol. The first-order valence-electron chi connectivity index (χ1n) is 13.7. The Morgan fingerprint density at radius 2 is 1.50 bits per heavy atom. The van der Waals surface area contributed by atoms with Gasteiger partial charge in [0.2, 0.25) is 5.95 Å². The Balaban J connectivity index is 1.05. The average Bonchev–Trinajstić information content (AvgIpc) is 3.60. The molecule has 2 aromatic carbocycles. The minimum atomic E-state index is -1.22. The zero-order chi connectivity index (χ0) is 28.9. The summed E-state index contributed by atoms with van der Waals surface area (Å²) in [5.41, 5.74) is 2.92. The van der Waals surface area contributed by atoms with Gasteiger partial charge in [-0.25, -0.2) is 18.5 Å². The van der Waals surface area contributed by atoms with E-state index in [9.17, 15) is 13.8 Å². The number of piperazine rings is 1. The molecule has 2 aliphatic heterocycles. The molecule has 12 heteroatoms. The maximum absolute atomic E-state index is 13.1. The fraction of sp³-hybridized carbons (Fsp3) is 0.267. The highest BCUT2D eigenvalue weighted by Crippen LogP contribution is 2.23. The van der Waals surface area contributed by atoms with Crippen LogP contribution in [0.2, 0.25) is 0 Å². The monoisotopic (exact) mass is 586 g/mol. The van der Waals surface area contributed by atoms with Gasteiger partial charge in [-0.15, -0.1) is 0 Å². The van der Waals surface area contributed by atoms with Crippen molar-refractivity contribution < 1.29 is 23.0 Å². The summed E-state index contributed by atoms with van der Waals surface area (Å²) in [6, 6.07) is 19.9. The topological polar surface area (TPSA) is 121 Å². The van der Waals surface area contributed by atoms with E-state index in [0.717, 1.165) is 21.8 Å². The van der Waals surface area contributed by atoms with E-state index in [4.69, 9.17) is 9.15 Å². The van der Waals surface area contributed by atoms with Crippen LogP contribution in [0.5, 0.6) is 0 Å². The van der Waals surface area contributed by atoms with Gasteiger partial charge in [-0.2, -0.15) is 0 Å². The van der Waals surface area contributed by atoms with Crippen molar-refractivity contribution in [2.45, 2.75) is 4.90 Å². The molecule has 6 rings (SSSR count). The lowest BCUT2D eigenvalue weighted by Crippen LogP contribution is -2.50. The van der Waals surface area contributed by atoms with Crippen LogP contribution in [0.25, 0.3) is 11.3 Å². The minimum Gasteiger partial charge on any atom is -0.459 e. The Labute approximate surface area is 245 Å². The second-order valence-electron chi connectivity index (χ2n) is 9.84. The molecule has 4 aromatic rings. The number of amides is 2. The number of hydrogen-bond acceptors (Lipinski definition) is 8. The van der Waals surface area contributed by atoms with Crippen molar-refractivity contribution in [3.8, 4) is 11.3 Å². The number of morpholine rings is 1. The van der Waals surface area contributed by atoms with Gasteiger partial charge in [0.25, 0.3) is 11.8 Å². The van der Waals surface area contributed by atoms with Gasteiger partial charge in [-0.3, -0.25) is 9.59 Å². The van der Waals surface area contributed by atoms with Crippen molar-refractivity contribution in [1.29, 1.82) is 0 Å². The lowest BCUT2D eigenvalue weighted by atomic mass is 10.1. The number of benzene rings is 2. The highest BCUT2D eigenvalue weighted by Gasteiger charge is 2.26. The van der Waals surface area contributed by atoms with Crippen LogP contribution < -0.4 is 5.32 Å². The van der Waals surface area contributed by atoms with Crippen molar-refractivity contribution in [1.82, 2.24) is 24.1 Å². The van der Waals surface area contributed by atoms with Gasteiger partial charge >= 0.3 is 0 Å². The minimum absolute atomic E-state index is 0.0807. The Morgan fingerprint density at radius 1 is 0.810 bits per heavy atom. The maximum Gasteiger partial charge on any atom is 0.289 e. The lowest BCUT2D eigenvalue weighted by molar-refractivity contribution is 0.0518. The first-order chi connectivity index (χ1) is 20.5. The van der Waals surface area contributed by atoms with Gasteiger partial charge in [0.05, 0.1) is 30.1 Å². The number of furan rings is 1. The fourth-order valence-corrected chi connectivity index (χ4v) is 6.01. The Hall–Kier alpha value is -4.39. The first kappa shape index (κ1) is 27.8. The number of hydrogen-bond donors (Lipinski definition) is 1. The van der Waals surface area contributed by atoms with E-state index >= 15 is 0 Å². The molecule has 216 valence electrons. The predicted molar refractivity (Wildman–Crippen MR) is 157 cm³/mol. The van der Waals surface area contributed by atoms with E-state index in [1.807, 2.05) is 46.8 Å². The maximum atomic E-state index is 13.1. The SMILES string of the molecule is O=C(c1ccc(Nc2nccc(-c3ccc(S(=O)N4CCOCC4)cc3)n2)cc1)N1CCN(C(=O)c2ccco2)CC1. The number of carbonyl (C=O) groups is 2. The molecule has 2 aromatic heterocycles. The summed E-state index contributed by atoms with van der Waals surface area (Å²) in [5, 5.41) is 3.20. The summed E-state index contributed by atoms with van der Waals surface area (Å²) in [5.74, 6) is 0.487. The second-order valence-corrected chi connectivity index (χ2v) is 11.3. The number of nitrogens with one attached hydrogen (secondary N) is 1. The first-order valence-corrected chi connectivity index (χ1v) is 14.8. The molecule has 0 spiro atoms. The van der Waals surface area contributed by atoms with Crippen LogP contribution in [-0.4, -0.2) is 92.6 Å². The van der Waals surface area contributed by atoms with Crippen molar-refractivity contribution in [2.75, 3.05) is 57.8 Å². The third-order valence-electron chi connectivity index (χ3n) is 7.19. The Morgan fingerprint density at radius 3 is 2.17 bits per heavy atom. The molecule has 0 aliphatic carbocycles. The number of anilines is 2. The summed E-state index contributed by atoms with van der Waals surface area (Å²) < 4.78 is 25.3. The zero-order valence-corrected chi connectivity index (χ0v) is 23.7. The lowest BCUT2D eigenvalue weighted by Gasteiger charge is -2.34. The van der Waals surface area contributed by atoms with E-state index in [1.165, 1.54) is 6.26 Å². The average molecular weight is 587 g/mol. The third-order valence-corrected chi connectivity index (χ3v) is 8.70. The predicted octanol–water partition coefficient (Wildman–Crippen LogP) is 3.43. The van der Waals surface area contributed by atoms with Crippen LogP contribution in [0.4, 0.5) is 11.6 Å². The number of ether oxygens (including phenoxy) is 1. The fourth-order valence-electron chi connectivity index (χ4n) is 4.86. The Bertz CT molecular complexity index is 1550. The molecule has 11 nitrogen and oxygen atoms in total.